The number of hydrogen-bond donors (Lipinski definition) is 2. The number of ether oxygens (including phenoxy) is 1. The molecule has 0 radical (unpaired) electrons. The van der Waals surface area contributed by atoms with Gasteiger partial charge in [-0.25, -0.2) is 13.9 Å². The lowest BCUT2D eigenvalue weighted by atomic mass is 10.2. The first-order chi connectivity index (χ1) is 19.8. The number of rotatable bonds is 8. The molecule has 206 valence electrons. The third-order valence-electron chi connectivity index (χ3n) is 6.17. The average Bonchev–Trinajstić information content (AvgIpc) is 3.63. The summed E-state index contributed by atoms with van der Waals surface area (Å²) in [6.07, 6.45) is 5.88. The van der Waals surface area contributed by atoms with Crippen molar-refractivity contribution in [3.8, 4) is 34.5 Å². The minimum atomic E-state index is -0.672. The summed E-state index contributed by atoms with van der Waals surface area (Å²) in [6, 6.07) is 17.8. The number of aromatic nitrogens is 5. The van der Waals surface area contributed by atoms with Crippen LogP contribution in [0.3, 0.4) is 0 Å². The number of benzene rings is 2. The number of aryl methyl sites for hydroxylation is 1. The van der Waals surface area contributed by atoms with Crippen LogP contribution < -0.4 is 15.4 Å². The van der Waals surface area contributed by atoms with E-state index in [1.54, 1.807) is 60.9 Å². The fourth-order valence-corrected chi connectivity index (χ4v) is 4.05. The lowest BCUT2D eigenvalue weighted by molar-refractivity contribution is 0.262. The van der Waals surface area contributed by atoms with E-state index in [4.69, 9.17) is 4.74 Å². The Labute approximate surface area is 236 Å². The van der Waals surface area contributed by atoms with Crippen molar-refractivity contribution in [2.75, 3.05) is 10.6 Å². The summed E-state index contributed by atoms with van der Waals surface area (Å²) in [5.74, 6) is 0.439. The number of nitriles is 1. The summed E-state index contributed by atoms with van der Waals surface area (Å²) in [4.78, 5) is 17.2. The molecular formula is C30H27FN8O2. The van der Waals surface area contributed by atoms with Crippen LogP contribution in [0.5, 0.6) is 11.5 Å². The number of hydrogen-bond acceptors (Lipinski definition) is 6. The second-order valence-electron chi connectivity index (χ2n) is 9.45. The molecule has 0 saturated heterocycles. The molecule has 2 amide bonds. The SMILES string of the molecule is CCc1cc(NC(=O)Nc2ccc(Oc3ccnc(-c4cnn(C(C)C)c4)c3)cc2F)n(-c2cccc(C#N)c2)n1. The number of halogens is 1. The molecule has 0 spiro atoms. The van der Waals surface area contributed by atoms with Crippen molar-refractivity contribution in [3.63, 3.8) is 0 Å². The van der Waals surface area contributed by atoms with Gasteiger partial charge in [0.2, 0.25) is 0 Å². The maximum absolute atomic E-state index is 15.0. The van der Waals surface area contributed by atoms with E-state index in [0.29, 0.717) is 34.9 Å². The lowest BCUT2D eigenvalue weighted by Crippen LogP contribution is -2.22. The first-order valence-corrected chi connectivity index (χ1v) is 13.0. The van der Waals surface area contributed by atoms with Crippen molar-refractivity contribution < 1.29 is 13.9 Å². The van der Waals surface area contributed by atoms with Crippen LogP contribution in [-0.2, 0) is 6.42 Å². The number of urea groups is 1. The maximum Gasteiger partial charge on any atom is 0.324 e. The molecule has 0 atom stereocenters. The molecule has 2 aromatic carbocycles. The maximum atomic E-state index is 15.0. The molecule has 5 rings (SSSR count). The van der Waals surface area contributed by atoms with Gasteiger partial charge in [-0.15, -0.1) is 0 Å². The normalized spacial score (nSPS) is 10.8. The van der Waals surface area contributed by atoms with Crippen LogP contribution in [0, 0.1) is 17.1 Å². The summed E-state index contributed by atoms with van der Waals surface area (Å²) in [5.41, 5.74) is 3.30. The molecule has 0 aliphatic carbocycles. The summed E-state index contributed by atoms with van der Waals surface area (Å²) in [5, 5.41) is 23.3. The van der Waals surface area contributed by atoms with E-state index in [1.165, 1.54) is 16.8 Å². The van der Waals surface area contributed by atoms with E-state index in [-0.39, 0.29) is 17.5 Å². The smallest absolute Gasteiger partial charge is 0.324 e. The molecule has 0 unspecified atom stereocenters. The number of carbonyl (C=O) groups is 1. The number of carbonyl (C=O) groups excluding carboxylic acids is 1. The Bertz CT molecular complexity index is 1750. The Morgan fingerprint density at radius 3 is 2.66 bits per heavy atom. The van der Waals surface area contributed by atoms with Gasteiger partial charge in [-0.05, 0) is 56.7 Å². The molecule has 3 aromatic heterocycles. The largest absolute Gasteiger partial charge is 0.457 e. The van der Waals surface area contributed by atoms with E-state index in [1.807, 2.05) is 31.6 Å². The Kier molecular flexibility index (Phi) is 7.74. The quantitative estimate of drug-likeness (QED) is 0.221. The molecule has 0 bridgehead atoms. The number of pyridine rings is 1. The minimum Gasteiger partial charge on any atom is -0.457 e. The number of amides is 2. The molecule has 0 saturated carbocycles. The molecule has 0 aliphatic heterocycles. The third-order valence-corrected chi connectivity index (χ3v) is 6.17. The molecule has 0 aliphatic rings. The highest BCUT2D eigenvalue weighted by molar-refractivity contribution is 5.99. The zero-order chi connectivity index (χ0) is 28.9. The summed E-state index contributed by atoms with van der Waals surface area (Å²) in [7, 11) is 0. The van der Waals surface area contributed by atoms with Gasteiger partial charge in [0, 0.05) is 42.2 Å². The highest BCUT2D eigenvalue weighted by Gasteiger charge is 2.15. The van der Waals surface area contributed by atoms with Gasteiger partial charge in [-0.3, -0.25) is 15.0 Å². The molecule has 11 heteroatoms. The molecule has 2 N–H and O–H groups in total. The second-order valence-corrected chi connectivity index (χ2v) is 9.45. The van der Waals surface area contributed by atoms with Crippen molar-refractivity contribution >= 4 is 17.5 Å². The molecule has 0 fully saturated rings. The summed E-state index contributed by atoms with van der Waals surface area (Å²) >= 11 is 0. The van der Waals surface area contributed by atoms with Crippen LogP contribution >= 0.6 is 0 Å². The van der Waals surface area contributed by atoms with E-state index in [2.05, 4.69) is 31.9 Å². The molecule has 5 aromatic rings. The minimum absolute atomic E-state index is 0.0281. The van der Waals surface area contributed by atoms with Crippen LogP contribution in [0.15, 0.2) is 79.3 Å². The molecule has 3 heterocycles. The van der Waals surface area contributed by atoms with Gasteiger partial charge in [0.25, 0.3) is 0 Å². The van der Waals surface area contributed by atoms with E-state index in [0.717, 1.165) is 11.3 Å². The second kappa shape index (κ2) is 11.7. The Morgan fingerprint density at radius 2 is 1.93 bits per heavy atom. The molecular weight excluding hydrogens is 523 g/mol. The zero-order valence-electron chi connectivity index (χ0n) is 22.7. The van der Waals surface area contributed by atoms with Gasteiger partial charge in [0.1, 0.15) is 23.1 Å². The van der Waals surface area contributed by atoms with Gasteiger partial charge >= 0.3 is 6.03 Å². The number of anilines is 2. The Morgan fingerprint density at radius 1 is 1.10 bits per heavy atom. The monoisotopic (exact) mass is 550 g/mol. The van der Waals surface area contributed by atoms with Crippen molar-refractivity contribution in [1.29, 1.82) is 5.26 Å². The van der Waals surface area contributed by atoms with Crippen molar-refractivity contribution in [2.24, 2.45) is 0 Å². The van der Waals surface area contributed by atoms with Crippen molar-refractivity contribution in [2.45, 2.75) is 33.2 Å². The van der Waals surface area contributed by atoms with Crippen LogP contribution in [0.25, 0.3) is 16.9 Å². The zero-order valence-corrected chi connectivity index (χ0v) is 22.7. The van der Waals surface area contributed by atoms with Crippen molar-refractivity contribution in [3.05, 3.63) is 96.3 Å². The Hall–Kier alpha value is -5.50. The van der Waals surface area contributed by atoms with Gasteiger partial charge < -0.3 is 10.1 Å². The van der Waals surface area contributed by atoms with E-state index in [9.17, 15) is 14.4 Å². The van der Waals surface area contributed by atoms with E-state index < -0.39 is 11.8 Å². The highest BCUT2D eigenvalue weighted by atomic mass is 19.1. The van der Waals surface area contributed by atoms with Gasteiger partial charge in [-0.2, -0.15) is 15.5 Å². The van der Waals surface area contributed by atoms with Crippen LogP contribution in [-0.4, -0.2) is 30.6 Å². The fourth-order valence-electron chi connectivity index (χ4n) is 4.05. The first kappa shape index (κ1) is 27.1. The third kappa shape index (κ3) is 6.23. The van der Waals surface area contributed by atoms with Crippen LogP contribution in [0.1, 0.15) is 38.1 Å². The van der Waals surface area contributed by atoms with Crippen molar-refractivity contribution in [1.82, 2.24) is 24.5 Å². The summed E-state index contributed by atoms with van der Waals surface area (Å²) in [6.45, 7) is 6.01. The standard InChI is InChI=1S/C30H27FN8O2/c1-4-22-13-29(39(37-22)23-7-5-6-20(12-23)16-32)36-30(40)35-27-9-8-24(14-26(27)31)41-25-10-11-33-28(15-25)21-17-34-38(18-21)19(2)3/h5-15,17-19H,4H2,1-3H3,(H2,35,36,40). The van der Waals surface area contributed by atoms with Gasteiger partial charge in [0.05, 0.1) is 40.6 Å². The first-order valence-electron chi connectivity index (χ1n) is 13.0. The number of nitrogens with zero attached hydrogens (tertiary/aromatic N) is 6. The van der Waals surface area contributed by atoms with Crippen LogP contribution in [0.4, 0.5) is 20.7 Å². The van der Waals surface area contributed by atoms with Gasteiger partial charge in [-0.1, -0.05) is 13.0 Å². The predicted octanol–water partition coefficient (Wildman–Crippen LogP) is 6.72. The molecule has 41 heavy (non-hydrogen) atoms. The predicted molar refractivity (Wildman–Crippen MR) is 153 cm³/mol. The van der Waals surface area contributed by atoms with Gasteiger partial charge in [0.15, 0.2) is 0 Å². The Balaban J connectivity index is 1.28. The fraction of sp³-hybridized carbons (Fsp3) is 0.167. The lowest BCUT2D eigenvalue weighted by Gasteiger charge is -2.12. The topological polar surface area (TPSA) is 123 Å². The highest BCUT2D eigenvalue weighted by Crippen LogP contribution is 2.28. The molecule has 10 nitrogen and oxygen atoms in total. The van der Waals surface area contributed by atoms with Crippen LogP contribution in [0.2, 0.25) is 0 Å². The number of nitrogens with one attached hydrogen (secondary N) is 2. The van der Waals surface area contributed by atoms with E-state index >= 15 is 0 Å². The average molecular weight is 551 g/mol. The summed E-state index contributed by atoms with van der Waals surface area (Å²) < 4.78 is 24.2.